The molecule has 0 spiro atoms. The SMILES string of the molecule is CCNC(=NCC1(CN2CCOCC2)CCCCC1)NCC(c1cnn(C)c1)N(C)C. The molecule has 0 radical (unpaired) electrons. The van der Waals surface area contributed by atoms with Gasteiger partial charge < -0.3 is 20.3 Å². The molecular formula is C23H43N7O. The summed E-state index contributed by atoms with van der Waals surface area (Å²) in [6, 6.07) is 0.245. The van der Waals surface area contributed by atoms with Crippen LogP contribution in [0.25, 0.3) is 0 Å². The second-order valence-corrected chi connectivity index (χ2v) is 9.45. The van der Waals surface area contributed by atoms with Crippen molar-refractivity contribution in [1.82, 2.24) is 30.2 Å². The van der Waals surface area contributed by atoms with E-state index >= 15 is 0 Å². The van der Waals surface area contributed by atoms with Gasteiger partial charge in [0.15, 0.2) is 5.96 Å². The van der Waals surface area contributed by atoms with Crippen molar-refractivity contribution >= 4 is 5.96 Å². The van der Waals surface area contributed by atoms with Crippen LogP contribution in [-0.2, 0) is 11.8 Å². The highest BCUT2D eigenvalue weighted by Crippen LogP contribution is 2.37. The highest BCUT2D eigenvalue weighted by Gasteiger charge is 2.34. The monoisotopic (exact) mass is 433 g/mol. The first kappa shape index (κ1) is 24.0. The minimum atomic E-state index is 0.245. The Morgan fingerprint density at radius 1 is 1.23 bits per heavy atom. The fourth-order valence-electron chi connectivity index (χ4n) is 4.89. The lowest BCUT2D eigenvalue weighted by molar-refractivity contribution is 0.00937. The fraction of sp³-hybridized carbons (Fsp3) is 0.826. The van der Waals surface area contributed by atoms with Gasteiger partial charge in [0.1, 0.15) is 0 Å². The Kier molecular flexibility index (Phi) is 9.16. The summed E-state index contributed by atoms with van der Waals surface area (Å²) in [5, 5.41) is 11.4. The number of morpholine rings is 1. The van der Waals surface area contributed by atoms with E-state index in [-0.39, 0.29) is 6.04 Å². The number of guanidine groups is 1. The molecule has 0 bridgehead atoms. The van der Waals surface area contributed by atoms with Crippen molar-refractivity contribution in [2.24, 2.45) is 17.5 Å². The van der Waals surface area contributed by atoms with E-state index in [1.165, 1.54) is 37.7 Å². The molecule has 8 heteroatoms. The van der Waals surface area contributed by atoms with Gasteiger partial charge in [-0.2, -0.15) is 5.10 Å². The van der Waals surface area contributed by atoms with Crippen molar-refractivity contribution in [3.05, 3.63) is 18.0 Å². The van der Waals surface area contributed by atoms with Crippen molar-refractivity contribution in [3.8, 4) is 0 Å². The van der Waals surface area contributed by atoms with Crippen LogP contribution in [0.1, 0.15) is 50.6 Å². The molecule has 1 aliphatic heterocycles. The Labute approximate surface area is 188 Å². The maximum Gasteiger partial charge on any atom is 0.191 e. The molecule has 2 N–H and O–H groups in total. The topological polar surface area (TPSA) is 70.0 Å². The molecule has 2 heterocycles. The van der Waals surface area contributed by atoms with Gasteiger partial charge in [0.25, 0.3) is 0 Å². The fourth-order valence-corrected chi connectivity index (χ4v) is 4.89. The van der Waals surface area contributed by atoms with Crippen molar-refractivity contribution in [2.45, 2.75) is 45.1 Å². The minimum absolute atomic E-state index is 0.245. The molecule has 3 rings (SSSR count). The third-order valence-corrected chi connectivity index (χ3v) is 6.69. The quantitative estimate of drug-likeness (QED) is 0.458. The smallest absolute Gasteiger partial charge is 0.191 e. The molecule has 1 saturated heterocycles. The lowest BCUT2D eigenvalue weighted by Gasteiger charge is -2.41. The van der Waals surface area contributed by atoms with Crippen LogP contribution in [0.5, 0.6) is 0 Å². The van der Waals surface area contributed by atoms with E-state index in [9.17, 15) is 0 Å². The van der Waals surface area contributed by atoms with Gasteiger partial charge in [0, 0.05) is 63.5 Å². The number of aliphatic imine (C=N–C) groups is 1. The van der Waals surface area contributed by atoms with Gasteiger partial charge in [-0.25, -0.2) is 0 Å². The zero-order valence-corrected chi connectivity index (χ0v) is 20.1. The zero-order chi connectivity index (χ0) is 22.1. The Hall–Kier alpha value is -1.64. The molecule has 31 heavy (non-hydrogen) atoms. The molecule has 0 amide bonds. The second kappa shape index (κ2) is 11.8. The van der Waals surface area contributed by atoms with Gasteiger partial charge >= 0.3 is 0 Å². The van der Waals surface area contributed by atoms with Crippen LogP contribution in [0.2, 0.25) is 0 Å². The number of hydrogen-bond donors (Lipinski definition) is 2. The summed E-state index contributed by atoms with van der Waals surface area (Å²) in [5.74, 6) is 0.921. The lowest BCUT2D eigenvalue weighted by atomic mass is 9.73. The van der Waals surface area contributed by atoms with E-state index in [1.807, 2.05) is 17.9 Å². The summed E-state index contributed by atoms with van der Waals surface area (Å²) in [5.41, 5.74) is 1.51. The summed E-state index contributed by atoms with van der Waals surface area (Å²) in [6.45, 7) is 9.66. The van der Waals surface area contributed by atoms with Crippen LogP contribution in [0, 0.1) is 5.41 Å². The van der Waals surface area contributed by atoms with Gasteiger partial charge in [-0.1, -0.05) is 19.3 Å². The molecular weight excluding hydrogens is 390 g/mol. The molecule has 1 aromatic heterocycles. The van der Waals surface area contributed by atoms with E-state index in [0.717, 1.165) is 58.4 Å². The van der Waals surface area contributed by atoms with Crippen molar-refractivity contribution in [2.75, 3.05) is 66.6 Å². The van der Waals surface area contributed by atoms with Crippen molar-refractivity contribution in [1.29, 1.82) is 0 Å². The van der Waals surface area contributed by atoms with Crippen LogP contribution >= 0.6 is 0 Å². The second-order valence-electron chi connectivity index (χ2n) is 9.45. The molecule has 176 valence electrons. The van der Waals surface area contributed by atoms with Crippen molar-refractivity contribution in [3.63, 3.8) is 0 Å². The number of likely N-dealkylation sites (N-methyl/N-ethyl adjacent to an activating group) is 1. The number of rotatable bonds is 9. The summed E-state index contributed by atoms with van der Waals surface area (Å²) in [4.78, 5) is 9.93. The van der Waals surface area contributed by atoms with Crippen LogP contribution in [0.15, 0.2) is 17.4 Å². The predicted molar refractivity (Wildman–Crippen MR) is 126 cm³/mol. The average molecular weight is 434 g/mol. The molecule has 1 atom stereocenters. The first-order valence-electron chi connectivity index (χ1n) is 12.0. The zero-order valence-electron chi connectivity index (χ0n) is 20.1. The van der Waals surface area contributed by atoms with Gasteiger partial charge in [-0.05, 0) is 33.9 Å². The largest absolute Gasteiger partial charge is 0.379 e. The minimum Gasteiger partial charge on any atom is -0.379 e. The van der Waals surface area contributed by atoms with Gasteiger partial charge in [-0.3, -0.25) is 14.6 Å². The first-order valence-corrected chi connectivity index (χ1v) is 12.0. The number of nitrogens with zero attached hydrogens (tertiary/aromatic N) is 5. The molecule has 1 aromatic rings. The van der Waals surface area contributed by atoms with Crippen LogP contribution in [-0.4, -0.2) is 92.1 Å². The Morgan fingerprint density at radius 3 is 2.58 bits per heavy atom. The van der Waals surface area contributed by atoms with Gasteiger partial charge in [0.05, 0.1) is 25.5 Å². The first-order chi connectivity index (χ1) is 15.0. The highest BCUT2D eigenvalue weighted by molar-refractivity contribution is 5.79. The summed E-state index contributed by atoms with van der Waals surface area (Å²) in [7, 11) is 6.19. The van der Waals surface area contributed by atoms with E-state index in [2.05, 4.69) is 52.7 Å². The van der Waals surface area contributed by atoms with E-state index < -0.39 is 0 Å². The maximum absolute atomic E-state index is 5.56. The third kappa shape index (κ3) is 7.19. The summed E-state index contributed by atoms with van der Waals surface area (Å²) < 4.78 is 7.43. The molecule has 1 saturated carbocycles. The van der Waals surface area contributed by atoms with Crippen LogP contribution in [0.4, 0.5) is 0 Å². The Bertz CT molecular complexity index is 675. The lowest BCUT2D eigenvalue weighted by Crippen LogP contribution is -2.47. The number of hydrogen-bond acceptors (Lipinski definition) is 5. The molecule has 0 aromatic carbocycles. The summed E-state index contributed by atoms with van der Waals surface area (Å²) in [6.07, 6.45) is 10.6. The number of aryl methyl sites for hydroxylation is 1. The van der Waals surface area contributed by atoms with Crippen LogP contribution < -0.4 is 10.6 Å². The molecule has 8 nitrogen and oxygen atoms in total. The Balaban J connectivity index is 1.65. The van der Waals surface area contributed by atoms with E-state index in [4.69, 9.17) is 9.73 Å². The third-order valence-electron chi connectivity index (χ3n) is 6.69. The molecule has 2 fully saturated rings. The standard InChI is InChI=1S/C23H43N7O/c1-5-24-22(25-16-21(28(2)3)20-15-27-29(4)17-20)26-18-23(9-7-6-8-10-23)19-30-11-13-31-14-12-30/h15,17,21H,5-14,16,18-19H2,1-4H3,(H2,24,25,26). The predicted octanol–water partition coefficient (Wildman–Crippen LogP) is 1.86. The van der Waals surface area contributed by atoms with Gasteiger partial charge in [0.2, 0.25) is 0 Å². The summed E-state index contributed by atoms with van der Waals surface area (Å²) >= 11 is 0. The molecule has 1 aliphatic carbocycles. The number of nitrogens with one attached hydrogen (secondary N) is 2. The number of ether oxygens (including phenoxy) is 1. The normalized spacial score (nSPS) is 21.3. The highest BCUT2D eigenvalue weighted by atomic mass is 16.5. The van der Waals surface area contributed by atoms with E-state index in [1.54, 1.807) is 0 Å². The molecule has 1 unspecified atom stereocenters. The molecule has 2 aliphatic rings. The number of aromatic nitrogens is 2. The van der Waals surface area contributed by atoms with Gasteiger partial charge in [-0.15, -0.1) is 0 Å². The van der Waals surface area contributed by atoms with Crippen molar-refractivity contribution < 1.29 is 4.74 Å². The van der Waals surface area contributed by atoms with E-state index in [0.29, 0.717) is 5.41 Å². The maximum atomic E-state index is 5.56. The average Bonchev–Trinajstić information content (AvgIpc) is 3.19. The van der Waals surface area contributed by atoms with Crippen LogP contribution in [0.3, 0.4) is 0 Å². The Morgan fingerprint density at radius 2 is 1.97 bits per heavy atom.